The SMILES string of the molecule is CCN(CC(=O)Nc1cccc(OC)c1)C(=O)c1ccc(C(C)(C)C)cc1. The van der Waals surface area contributed by atoms with Gasteiger partial charge in [-0.15, -0.1) is 0 Å². The molecule has 2 aromatic carbocycles. The maximum Gasteiger partial charge on any atom is 0.254 e. The Morgan fingerprint density at radius 3 is 2.30 bits per heavy atom. The van der Waals surface area contributed by atoms with Gasteiger partial charge in [0.2, 0.25) is 5.91 Å². The van der Waals surface area contributed by atoms with E-state index in [9.17, 15) is 9.59 Å². The molecule has 5 nitrogen and oxygen atoms in total. The smallest absolute Gasteiger partial charge is 0.254 e. The third-order valence-corrected chi connectivity index (χ3v) is 4.35. The molecule has 144 valence electrons. The standard InChI is InChI=1S/C22H28N2O3/c1-6-24(15-20(25)23-18-8-7-9-19(14-18)27-5)21(26)16-10-12-17(13-11-16)22(2,3)4/h7-14H,6,15H2,1-5H3,(H,23,25). The molecular formula is C22H28N2O3. The minimum Gasteiger partial charge on any atom is -0.497 e. The molecule has 0 saturated heterocycles. The zero-order valence-electron chi connectivity index (χ0n) is 16.7. The van der Waals surface area contributed by atoms with Crippen LogP contribution in [0.3, 0.4) is 0 Å². The summed E-state index contributed by atoms with van der Waals surface area (Å²) in [7, 11) is 1.57. The van der Waals surface area contributed by atoms with Crippen molar-refractivity contribution >= 4 is 17.5 Å². The van der Waals surface area contributed by atoms with Crippen LogP contribution in [0.1, 0.15) is 43.6 Å². The van der Waals surface area contributed by atoms with E-state index in [-0.39, 0.29) is 23.8 Å². The highest BCUT2D eigenvalue weighted by molar-refractivity contribution is 5.99. The number of hydrogen-bond donors (Lipinski definition) is 1. The van der Waals surface area contributed by atoms with Crippen LogP contribution in [0.25, 0.3) is 0 Å². The van der Waals surface area contributed by atoms with Gasteiger partial charge in [0.15, 0.2) is 0 Å². The molecule has 27 heavy (non-hydrogen) atoms. The summed E-state index contributed by atoms with van der Waals surface area (Å²) in [4.78, 5) is 26.6. The highest BCUT2D eigenvalue weighted by Crippen LogP contribution is 2.22. The van der Waals surface area contributed by atoms with Crippen molar-refractivity contribution in [2.45, 2.75) is 33.1 Å². The Morgan fingerprint density at radius 2 is 1.74 bits per heavy atom. The Morgan fingerprint density at radius 1 is 1.07 bits per heavy atom. The van der Waals surface area contributed by atoms with Crippen LogP contribution in [-0.4, -0.2) is 36.9 Å². The lowest BCUT2D eigenvalue weighted by molar-refractivity contribution is -0.116. The van der Waals surface area contributed by atoms with Crippen molar-refractivity contribution in [2.24, 2.45) is 0 Å². The minimum absolute atomic E-state index is 0.00638. The second-order valence-electron chi connectivity index (χ2n) is 7.43. The molecule has 2 amide bonds. The molecule has 0 spiro atoms. The normalized spacial score (nSPS) is 11.0. The quantitative estimate of drug-likeness (QED) is 0.835. The molecule has 0 heterocycles. The number of rotatable bonds is 6. The highest BCUT2D eigenvalue weighted by atomic mass is 16.5. The number of likely N-dealkylation sites (N-methyl/N-ethyl adjacent to an activating group) is 1. The highest BCUT2D eigenvalue weighted by Gasteiger charge is 2.19. The van der Waals surface area contributed by atoms with Crippen LogP contribution in [0.5, 0.6) is 5.75 Å². The number of carbonyl (C=O) groups is 2. The van der Waals surface area contributed by atoms with E-state index in [0.717, 1.165) is 5.56 Å². The van der Waals surface area contributed by atoms with Crippen LogP contribution < -0.4 is 10.1 Å². The first-order valence-corrected chi connectivity index (χ1v) is 9.08. The number of amides is 2. The maximum atomic E-state index is 12.8. The number of nitrogens with one attached hydrogen (secondary N) is 1. The molecule has 0 fully saturated rings. The fraction of sp³-hybridized carbons (Fsp3) is 0.364. The van der Waals surface area contributed by atoms with Crippen molar-refractivity contribution in [1.29, 1.82) is 0 Å². The Labute approximate surface area is 161 Å². The van der Waals surface area contributed by atoms with Crippen molar-refractivity contribution in [1.82, 2.24) is 4.90 Å². The van der Waals surface area contributed by atoms with E-state index in [1.165, 1.54) is 4.90 Å². The molecule has 1 N–H and O–H groups in total. The number of nitrogens with zero attached hydrogens (tertiary/aromatic N) is 1. The molecule has 0 bridgehead atoms. The van der Waals surface area contributed by atoms with E-state index in [0.29, 0.717) is 23.5 Å². The molecule has 0 saturated carbocycles. The van der Waals surface area contributed by atoms with Crippen LogP contribution >= 0.6 is 0 Å². The molecule has 0 unspecified atom stereocenters. The van der Waals surface area contributed by atoms with Crippen LogP contribution in [0.4, 0.5) is 5.69 Å². The maximum absolute atomic E-state index is 12.8. The molecule has 0 atom stereocenters. The number of anilines is 1. The lowest BCUT2D eigenvalue weighted by Crippen LogP contribution is -2.37. The van der Waals surface area contributed by atoms with Crippen LogP contribution in [0, 0.1) is 0 Å². The summed E-state index contributed by atoms with van der Waals surface area (Å²) in [6.07, 6.45) is 0. The first-order valence-electron chi connectivity index (χ1n) is 9.08. The van der Waals surface area contributed by atoms with Crippen LogP contribution in [0.15, 0.2) is 48.5 Å². The largest absolute Gasteiger partial charge is 0.497 e. The van der Waals surface area contributed by atoms with Gasteiger partial charge in [-0.05, 0) is 42.2 Å². The van der Waals surface area contributed by atoms with Gasteiger partial charge in [0.1, 0.15) is 12.3 Å². The first kappa shape index (κ1) is 20.5. The summed E-state index contributed by atoms with van der Waals surface area (Å²) in [5.41, 5.74) is 2.41. The predicted molar refractivity (Wildman–Crippen MR) is 108 cm³/mol. The van der Waals surface area contributed by atoms with Crippen molar-refractivity contribution in [3.63, 3.8) is 0 Å². The fourth-order valence-electron chi connectivity index (χ4n) is 2.70. The zero-order valence-corrected chi connectivity index (χ0v) is 16.7. The summed E-state index contributed by atoms with van der Waals surface area (Å²) in [6, 6.07) is 14.7. The molecule has 2 aromatic rings. The summed E-state index contributed by atoms with van der Waals surface area (Å²) in [5, 5.41) is 2.80. The Hall–Kier alpha value is -2.82. The summed E-state index contributed by atoms with van der Waals surface area (Å²) in [6.45, 7) is 8.69. The lowest BCUT2D eigenvalue weighted by atomic mass is 9.86. The average molecular weight is 368 g/mol. The first-order chi connectivity index (χ1) is 12.7. The molecule has 0 aliphatic rings. The van der Waals surface area contributed by atoms with Crippen molar-refractivity contribution in [3.05, 3.63) is 59.7 Å². The van der Waals surface area contributed by atoms with Gasteiger partial charge in [0, 0.05) is 23.9 Å². The van der Waals surface area contributed by atoms with Gasteiger partial charge < -0.3 is 15.0 Å². The van der Waals surface area contributed by atoms with Crippen LogP contribution in [-0.2, 0) is 10.2 Å². The Bertz CT molecular complexity index is 792. The van der Waals surface area contributed by atoms with Gasteiger partial charge in [0.25, 0.3) is 5.91 Å². The molecule has 0 aliphatic heterocycles. The Kier molecular flexibility index (Phi) is 6.61. The van der Waals surface area contributed by atoms with Gasteiger partial charge in [-0.3, -0.25) is 9.59 Å². The topological polar surface area (TPSA) is 58.6 Å². The number of methoxy groups -OCH3 is 1. The number of ether oxygens (including phenoxy) is 1. The third-order valence-electron chi connectivity index (χ3n) is 4.35. The average Bonchev–Trinajstić information content (AvgIpc) is 2.65. The Balaban J connectivity index is 2.04. The van der Waals surface area contributed by atoms with Crippen molar-refractivity contribution < 1.29 is 14.3 Å². The second kappa shape index (κ2) is 8.71. The van der Waals surface area contributed by atoms with E-state index >= 15 is 0 Å². The lowest BCUT2D eigenvalue weighted by Gasteiger charge is -2.22. The van der Waals surface area contributed by atoms with Gasteiger partial charge in [-0.1, -0.05) is 39.0 Å². The van der Waals surface area contributed by atoms with Crippen LogP contribution in [0.2, 0.25) is 0 Å². The molecule has 0 radical (unpaired) electrons. The molecule has 0 aliphatic carbocycles. The fourth-order valence-corrected chi connectivity index (χ4v) is 2.70. The number of carbonyl (C=O) groups excluding carboxylic acids is 2. The van der Waals surface area contributed by atoms with E-state index in [1.54, 1.807) is 31.4 Å². The molecule has 2 rings (SSSR count). The summed E-state index contributed by atoms with van der Waals surface area (Å²) >= 11 is 0. The number of hydrogen-bond acceptors (Lipinski definition) is 3. The van der Waals surface area contributed by atoms with Gasteiger partial charge in [-0.2, -0.15) is 0 Å². The summed E-state index contributed by atoms with van der Waals surface area (Å²) < 4.78 is 5.15. The van der Waals surface area contributed by atoms with Gasteiger partial charge in [0.05, 0.1) is 7.11 Å². The van der Waals surface area contributed by atoms with E-state index < -0.39 is 0 Å². The van der Waals surface area contributed by atoms with Crippen molar-refractivity contribution in [2.75, 3.05) is 25.5 Å². The second-order valence-corrected chi connectivity index (χ2v) is 7.43. The summed E-state index contributed by atoms with van der Waals surface area (Å²) in [5.74, 6) is 0.263. The van der Waals surface area contributed by atoms with E-state index in [4.69, 9.17) is 4.74 Å². The zero-order chi connectivity index (χ0) is 20.0. The van der Waals surface area contributed by atoms with Gasteiger partial charge in [-0.25, -0.2) is 0 Å². The van der Waals surface area contributed by atoms with E-state index in [2.05, 4.69) is 26.1 Å². The third kappa shape index (κ3) is 5.58. The molecular weight excluding hydrogens is 340 g/mol. The van der Waals surface area contributed by atoms with Crippen molar-refractivity contribution in [3.8, 4) is 5.75 Å². The molecule has 5 heteroatoms. The monoisotopic (exact) mass is 368 g/mol. The van der Waals surface area contributed by atoms with Gasteiger partial charge >= 0.3 is 0 Å². The minimum atomic E-state index is -0.246. The number of benzene rings is 2. The predicted octanol–water partition coefficient (Wildman–Crippen LogP) is 4.09. The van der Waals surface area contributed by atoms with E-state index in [1.807, 2.05) is 31.2 Å². The molecule has 0 aromatic heterocycles.